The van der Waals surface area contributed by atoms with Gasteiger partial charge in [0.1, 0.15) is 17.4 Å². The van der Waals surface area contributed by atoms with Crippen LogP contribution in [0.25, 0.3) is 6.08 Å². The van der Waals surface area contributed by atoms with Crippen LogP contribution < -0.4 is 9.47 Å². The van der Waals surface area contributed by atoms with Gasteiger partial charge in [-0.2, -0.15) is 5.26 Å². The second kappa shape index (κ2) is 8.22. The molecule has 0 saturated carbocycles. The van der Waals surface area contributed by atoms with Gasteiger partial charge in [-0.15, -0.1) is 0 Å². The lowest BCUT2D eigenvalue weighted by Crippen LogP contribution is -2.02. The predicted octanol–water partition coefficient (Wildman–Crippen LogP) is 4.24. The van der Waals surface area contributed by atoms with Crippen molar-refractivity contribution in [3.8, 4) is 23.3 Å². The molecule has 0 saturated heterocycles. The maximum atomic E-state index is 12.6. The molecule has 0 atom stereocenters. The third-order valence-corrected chi connectivity index (χ3v) is 3.65. The number of halogens is 1. The SMILES string of the molecule is CCOc1cc(C=C(C#N)C(=O)c2cccc(OC)c2)cc(Cl)c1O. The number of rotatable bonds is 6. The summed E-state index contributed by atoms with van der Waals surface area (Å²) in [6, 6.07) is 11.4. The Balaban J connectivity index is 2.43. The summed E-state index contributed by atoms with van der Waals surface area (Å²) in [6.07, 6.45) is 1.40. The summed E-state index contributed by atoms with van der Waals surface area (Å²) in [7, 11) is 1.50. The highest BCUT2D eigenvalue weighted by Gasteiger charge is 2.15. The summed E-state index contributed by atoms with van der Waals surface area (Å²) in [6.45, 7) is 2.10. The van der Waals surface area contributed by atoms with Crippen molar-refractivity contribution in [3.63, 3.8) is 0 Å². The molecule has 0 spiro atoms. The lowest BCUT2D eigenvalue weighted by atomic mass is 10.0. The number of carbonyl (C=O) groups is 1. The highest BCUT2D eigenvalue weighted by atomic mass is 35.5. The Morgan fingerprint density at radius 1 is 1.36 bits per heavy atom. The van der Waals surface area contributed by atoms with Gasteiger partial charge in [0.15, 0.2) is 11.5 Å². The molecule has 0 bridgehead atoms. The fourth-order valence-electron chi connectivity index (χ4n) is 2.18. The molecule has 0 fully saturated rings. The second-order valence-corrected chi connectivity index (χ2v) is 5.42. The van der Waals surface area contributed by atoms with Gasteiger partial charge in [0, 0.05) is 5.56 Å². The summed E-state index contributed by atoms with van der Waals surface area (Å²) in [5.41, 5.74) is 0.735. The van der Waals surface area contributed by atoms with E-state index >= 15 is 0 Å². The number of phenols is 1. The third kappa shape index (κ3) is 4.31. The number of nitriles is 1. The molecule has 1 N–H and O–H groups in total. The Morgan fingerprint density at radius 3 is 2.76 bits per heavy atom. The van der Waals surface area contributed by atoms with Crippen LogP contribution in [0, 0.1) is 11.3 Å². The predicted molar refractivity (Wildman–Crippen MR) is 95.2 cm³/mol. The number of hydrogen-bond acceptors (Lipinski definition) is 5. The maximum absolute atomic E-state index is 12.6. The quantitative estimate of drug-likeness (QED) is 0.475. The molecule has 25 heavy (non-hydrogen) atoms. The van der Waals surface area contributed by atoms with Crippen molar-refractivity contribution < 1.29 is 19.4 Å². The van der Waals surface area contributed by atoms with Gasteiger partial charge in [-0.1, -0.05) is 23.7 Å². The number of nitrogens with zero attached hydrogens (tertiary/aromatic N) is 1. The minimum atomic E-state index is -0.441. The van der Waals surface area contributed by atoms with Crippen LogP contribution >= 0.6 is 11.6 Å². The first-order valence-corrected chi connectivity index (χ1v) is 7.83. The Labute approximate surface area is 150 Å². The van der Waals surface area contributed by atoms with E-state index in [0.717, 1.165) is 0 Å². The first kappa shape index (κ1) is 18.4. The zero-order chi connectivity index (χ0) is 18.4. The summed E-state index contributed by atoms with van der Waals surface area (Å²) in [5, 5.41) is 19.3. The van der Waals surface area contributed by atoms with E-state index in [0.29, 0.717) is 23.5 Å². The van der Waals surface area contributed by atoms with Gasteiger partial charge in [0.2, 0.25) is 5.78 Å². The van der Waals surface area contributed by atoms with Crippen LogP contribution in [0.5, 0.6) is 17.2 Å². The van der Waals surface area contributed by atoms with Crippen LogP contribution in [0.4, 0.5) is 0 Å². The Bertz CT molecular complexity index is 868. The molecule has 0 amide bonds. The van der Waals surface area contributed by atoms with E-state index in [1.165, 1.54) is 25.3 Å². The van der Waals surface area contributed by atoms with E-state index < -0.39 is 5.78 Å². The standard InChI is InChI=1S/C19H16ClNO4/c1-3-25-17-9-12(8-16(20)19(17)23)7-14(11-21)18(22)13-5-4-6-15(10-13)24-2/h4-10,23H,3H2,1-2H3. The number of hydrogen-bond donors (Lipinski definition) is 1. The van der Waals surface area contributed by atoms with Crippen molar-refractivity contribution in [2.45, 2.75) is 6.92 Å². The molecule has 2 aromatic carbocycles. The average molecular weight is 358 g/mol. The summed E-state index contributed by atoms with van der Waals surface area (Å²) in [5.74, 6) is 0.0867. The van der Waals surface area contributed by atoms with Crippen molar-refractivity contribution in [2.24, 2.45) is 0 Å². The monoisotopic (exact) mass is 357 g/mol. The van der Waals surface area contributed by atoms with E-state index in [1.807, 2.05) is 6.07 Å². The number of methoxy groups -OCH3 is 1. The second-order valence-electron chi connectivity index (χ2n) is 5.01. The molecule has 0 aromatic heterocycles. The largest absolute Gasteiger partial charge is 0.503 e. The molecule has 6 heteroatoms. The topological polar surface area (TPSA) is 79.5 Å². The number of ether oxygens (including phenoxy) is 2. The van der Waals surface area contributed by atoms with Crippen molar-refractivity contribution in [1.82, 2.24) is 0 Å². The zero-order valence-electron chi connectivity index (χ0n) is 13.7. The molecule has 2 rings (SSSR count). The van der Waals surface area contributed by atoms with Gasteiger partial charge in [-0.05, 0) is 42.8 Å². The first-order chi connectivity index (χ1) is 12.0. The Kier molecular flexibility index (Phi) is 6.04. The van der Waals surface area contributed by atoms with E-state index in [4.69, 9.17) is 21.1 Å². The number of carbonyl (C=O) groups excluding carboxylic acids is 1. The van der Waals surface area contributed by atoms with Crippen LogP contribution in [0.3, 0.4) is 0 Å². The maximum Gasteiger partial charge on any atom is 0.203 e. The highest BCUT2D eigenvalue weighted by Crippen LogP contribution is 2.36. The van der Waals surface area contributed by atoms with Crippen LogP contribution in [-0.2, 0) is 0 Å². The van der Waals surface area contributed by atoms with Crippen LogP contribution in [0.2, 0.25) is 5.02 Å². The molecule has 0 aliphatic rings. The fraction of sp³-hybridized carbons (Fsp3) is 0.158. The van der Waals surface area contributed by atoms with E-state index in [9.17, 15) is 15.2 Å². The van der Waals surface area contributed by atoms with Crippen LogP contribution in [0.15, 0.2) is 42.0 Å². The lowest BCUT2D eigenvalue weighted by Gasteiger charge is -2.09. The lowest BCUT2D eigenvalue weighted by molar-refractivity contribution is 0.103. The molecule has 2 aromatic rings. The van der Waals surface area contributed by atoms with Gasteiger partial charge in [0.25, 0.3) is 0 Å². The van der Waals surface area contributed by atoms with Crippen molar-refractivity contribution in [3.05, 3.63) is 58.1 Å². The van der Waals surface area contributed by atoms with E-state index in [2.05, 4.69) is 0 Å². The number of aromatic hydroxyl groups is 1. The van der Waals surface area contributed by atoms with Gasteiger partial charge in [0.05, 0.1) is 18.7 Å². The summed E-state index contributed by atoms with van der Waals surface area (Å²) >= 11 is 5.97. The molecule has 0 heterocycles. The van der Waals surface area contributed by atoms with Crippen LogP contribution in [0.1, 0.15) is 22.8 Å². The van der Waals surface area contributed by atoms with Crippen molar-refractivity contribution >= 4 is 23.5 Å². The minimum absolute atomic E-state index is 0.0718. The molecular weight excluding hydrogens is 342 g/mol. The van der Waals surface area contributed by atoms with Gasteiger partial charge in [-0.3, -0.25) is 4.79 Å². The number of ketones is 1. The summed E-state index contributed by atoms with van der Waals surface area (Å²) in [4.78, 5) is 12.6. The molecule has 0 unspecified atom stereocenters. The molecule has 0 aliphatic heterocycles. The van der Waals surface area contributed by atoms with Crippen LogP contribution in [-0.4, -0.2) is 24.6 Å². The molecular formula is C19H16ClNO4. The molecule has 128 valence electrons. The van der Waals surface area contributed by atoms with Gasteiger partial charge in [-0.25, -0.2) is 0 Å². The third-order valence-electron chi connectivity index (χ3n) is 3.36. The van der Waals surface area contributed by atoms with Crippen molar-refractivity contribution in [2.75, 3.05) is 13.7 Å². The van der Waals surface area contributed by atoms with E-state index in [-0.39, 0.29) is 22.1 Å². The number of benzene rings is 2. The summed E-state index contributed by atoms with van der Waals surface area (Å²) < 4.78 is 10.4. The number of phenolic OH excluding ortho intramolecular Hbond substituents is 1. The number of allylic oxidation sites excluding steroid dienone is 1. The smallest absolute Gasteiger partial charge is 0.203 e. The minimum Gasteiger partial charge on any atom is -0.503 e. The molecule has 0 aliphatic carbocycles. The van der Waals surface area contributed by atoms with E-state index in [1.54, 1.807) is 31.2 Å². The zero-order valence-corrected chi connectivity index (χ0v) is 14.5. The Hall–Kier alpha value is -2.97. The number of Topliss-reactive ketones (excluding diaryl/α,β-unsaturated/α-hetero) is 1. The van der Waals surface area contributed by atoms with Gasteiger partial charge >= 0.3 is 0 Å². The average Bonchev–Trinajstić information content (AvgIpc) is 2.63. The fourth-order valence-corrected chi connectivity index (χ4v) is 2.40. The first-order valence-electron chi connectivity index (χ1n) is 7.46. The molecule has 5 nitrogen and oxygen atoms in total. The molecule has 0 radical (unpaired) electrons. The van der Waals surface area contributed by atoms with Gasteiger partial charge < -0.3 is 14.6 Å². The highest BCUT2D eigenvalue weighted by molar-refractivity contribution is 6.32. The normalized spacial score (nSPS) is 10.9. The Morgan fingerprint density at radius 2 is 2.12 bits per heavy atom. The van der Waals surface area contributed by atoms with Crippen molar-refractivity contribution in [1.29, 1.82) is 5.26 Å².